The number of nitrogens with one attached hydrogen (secondary N) is 1. The van der Waals surface area contributed by atoms with Gasteiger partial charge in [-0.15, -0.1) is 0 Å². The Morgan fingerprint density at radius 1 is 1.17 bits per heavy atom. The molecule has 0 spiro atoms. The van der Waals surface area contributed by atoms with E-state index in [0.29, 0.717) is 34.2 Å². The number of nitrogens with zero attached hydrogens (tertiary/aromatic N) is 3. The number of ketones is 1. The van der Waals surface area contributed by atoms with Gasteiger partial charge in [-0.3, -0.25) is 14.4 Å². The van der Waals surface area contributed by atoms with Crippen molar-refractivity contribution < 1.29 is 14.4 Å². The second kappa shape index (κ2) is 7.91. The van der Waals surface area contributed by atoms with Crippen LogP contribution >= 0.6 is 27.5 Å². The normalized spacial score (nSPS) is 16.0. The maximum Gasteiger partial charge on any atom is 0.295 e. The number of carbonyl (C=O) groups excluding carboxylic acids is 3. The zero-order chi connectivity index (χ0) is 20.5. The Hall–Kier alpha value is -2.80. The summed E-state index contributed by atoms with van der Waals surface area (Å²) in [6, 6.07) is 0. The second-order valence-electron chi connectivity index (χ2n) is 6.55. The van der Waals surface area contributed by atoms with Crippen LogP contribution in [0.4, 0.5) is 0 Å². The fraction of sp³-hybridized carbons (Fsp3) is 0.200. The number of piperazine rings is 1. The third kappa shape index (κ3) is 3.62. The molecule has 9 heteroatoms. The third-order valence-electron chi connectivity index (χ3n) is 4.87. The number of fused-ring (bicyclic) bond motifs is 1. The summed E-state index contributed by atoms with van der Waals surface area (Å²) in [5.74, 6) is -1.36. The minimum absolute atomic E-state index is 0.0989. The summed E-state index contributed by atoms with van der Waals surface area (Å²) in [5, 5.41) is 0.748. The molecule has 1 aliphatic heterocycles. The van der Waals surface area contributed by atoms with E-state index in [1.165, 1.54) is 17.3 Å². The molecule has 2 amide bonds. The molecule has 7 nitrogen and oxygen atoms in total. The van der Waals surface area contributed by atoms with Gasteiger partial charge in [-0.1, -0.05) is 11.6 Å². The highest BCUT2D eigenvalue weighted by atomic mass is 79.9. The average molecular weight is 475 g/mol. The lowest BCUT2D eigenvalue weighted by Gasteiger charge is -2.34. The summed E-state index contributed by atoms with van der Waals surface area (Å²) in [5.41, 5.74) is 1.34. The third-order valence-corrected chi connectivity index (χ3v) is 5.76. The first kappa shape index (κ1) is 19.5. The predicted octanol–water partition coefficient (Wildman–Crippen LogP) is 2.69. The van der Waals surface area contributed by atoms with Crippen LogP contribution < -0.4 is 0 Å². The first-order valence-electron chi connectivity index (χ1n) is 8.87. The van der Waals surface area contributed by atoms with Gasteiger partial charge in [0.05, 0.1) is 28.3 Å². The molecule has 1 N–H and O–H groups in total. The Balaban J connectivity index is 1.46. The zero-order valence-electron chi connectivity index (χ0n) is 15.1. The van der Waals surface area contributed by atoms with E-state index in [1.807, 2.05) is 0 Å². The highest BCUT2D eigenvalue weighted by Gasteiger charge is 2.31. The van der Waals surface area contributed by atoms with Crippen molar-refractivity contribution in [3.05, 3.63) is 63.5 Å². The van der Waals surface area contributed by atoms with Crippen LogP contribution in [0.25, 0.3) is 10.9 Å². The second-order valence-corrected chi connectivity index (χ2v) is 7.71. The van der Waals surface area contributed by atoms with Crippen molar-refractivity contribution in [2.24, 2.45) is 0 Å². The minimum Gasteiger partial charge on any atom is -0.358 e. The van der Waals surface area contributed by atoms with E-state index < -0.39 is 11.7 Å². The van der Waals surface area contributed by atoms with Crippen LogP contribution in [0.5, 0.6) is 0 Å². The van der Waals surface area contributed by atoms with Gasteiger partial charge in [0.2, 0.25) is 0 Å². The molecular weight excluding hydrogens is 460 g/mol. The number of pyridine rings is 1. The SMILES string of the molecule is O=C(C(=O)N1CCN(C(=O)C2=CC=[C+]C=C2)CC1)c1c[nH]c2c(Br)ncc(Cl)c12. The summed E-state index contributed by atoms with van der Waals surface area (Å²) < 4.78 is 0.508. The van der Waals surface area contributed by atoms with Crippen molar-refractivity contribution in [2.45, 2.75) is 0 Å². The van der Waals surface area contributed by atoms with Crippen molar-refractivity contribution in [3.8, 4) is 0 Å². The Kier molecular flexibility index (Phi) is 5.32. The van der Waals surface area contributed by atoms with Gasteiger partial charge in [-0.25, -0.2) is 4.98 Å². The first-order chi connectivity index (χ1) is 14.0. The van der Waals surface area contributed by atoms with E-state index in [2.05, 4.69) is 32.0 Å². The molecule has 0 bridgehead atoms. The average Bonchev–Trinajstić information content (AvgIpc) is 3.22. The van der Waals surface area contributed by atoms with Crippen LogP contribution in [0.2, 0.25) is 5.02 Å². The van der Waals surface area contributed by atoms with Gasteiger partial charge in [0, 0.05) is 50.0 Å². The molecule has 0 unspecified atom stereocenters. The standard InChI is InChI=1S/C20H14BrClN4O3/c21-18-16-15(14(22)11-24-18)13(10-23-16)17(27)20(29)26-8-6-25(7-9-26)19(28)12-4-2-1-3-5-12/h2-5,10-11H,6-9H2/p+1. The Morgan fingerprint density at radius 3 is 2.59 bits per heavy atom. The first-order valence-corrected chi connectivity index (χ1v) is 10.0. The lowest BCUT2D eigenvalue weighted by Crippen LogP contribution is -2.52. The smallest absolute Gasteiger partial charge is 0.295 e. The predicted molar refractivity (Wildman–Crippen MR) is 111 cm³/mol. The van der Waals surface area contributed by atoms with Gasteiger partial charge < -0.3 is 14.8 Å². The van der Waals surface area contributed by atoms with Crippen LogP contribution in [0.15, 0.2) is 46.9 Å². The molecule has 2 aliphatic rings. The van der Waals surface area contributed by atoms with Gasteiger partial charge >= 0.3 is 0 Å². The molecule has 1 aliphatic carbocycles. The molecule has 1 saturated heterocycles. The number of Topliss-reactive ketones (excluding diaryl/α,β-unsaturated/α-hetero) is 1. The topological polar surface area (TPSA) is 86.4 Å². The Morgan fingerprint density at radius 2 is 1.90 bits per heavy atom. The van der Waals surface area contributed by atoms with Gasteiger partial charge in [-0.05, 0) is 15.9 Å². The Bertz CT molecular complexity index is 1110. The molecule has 0 atom stereocenters. The number of allylic oxidation sites excluding steroid dienone is 4. The molecular formula is C20H15BrClN4O3+. The van der Waals surface area contributed by atoms with Crippen LogP contribution in [-0.4, -0.2) is 63.5 Å². The number of hydrogen-bond acceptors (Lipinski definition) is 4. The van der Waals surface area contributed by atoms with Crippen LogP contribution in [-0.2, 0) is 9.59 Å². The van der Waals surface area contributed by atoms with Gasteiger partial charge in [0.15, 0.2) is 0 Å². The van der Waals surface area contributed by atoms with E-state index in [0.717, 1.165) is 0 Å². The van der Waals surface area contributed by atoms with Crippen LogP contribution in [0.1, 0.15) is 10.4 Å². The quantitative estimate of drug-likeness (QED) is 0.321. The molecule has 2 aromatic heterocycles. The molecule has 4 rings (SSSR count). The van der Waals surface area contributed by atoms with E-state index in [-0.39, 0.29) is 29.6 Å². The van der Waals surface area contributed by atoms with Crippen molar-refractivity contribution in [1.82, 2.24) is 19.8 Å². The minimum atomic E-state index is -0.644. The molecule has 0 saturated carbocycles. The summed E-state index contributed by atoms with van der Waals surface area (Å²) in [6.07, 6.45) is 12.6. The maximum absolute atomic E-state index is 12.8. The fourth-order valence-electron chi connectivity index (χ4n) is 3.34. The monoisotopic (exact) mass is 473 g/mol. The maximum atomic E-state index is 12.8. The van der Waals surface area contributed by atoms with Crippen molar-refractivity contribution in [1.29, 1.82) is 0 Å². The van der Waals surface area contributed by atoms with Gasteiger partial charge in [0.25, 0.3) is 17.6 Å². The number of rotatable bonds is 3. The molecule has 29 heavy (non-hydrogen) atoms. The van der Waals surface area contributed by atoms with E-state index in [1.54, 1.807) is 29.2 Å². The van der Waals surface area contributed by atoms with Crippen molar-refractivity contribution in [3.63, 3.8) is 0 Å². The molecule has 146 valence electrons. The molecule has 2 aromatic rings. The number of halogens is 2. The zero-order valence-corrected chi connectivity index (χ0v) is 17.5. The number of amides is 2. The van der Waals surface area contributed by atoms with Crippen molar-refractivity contribution >= 4 is 56.0 Å². The highest BCUT2D eigenvalue weighted by molar-refractivity contribution is 9.10. The number of aromatic nitrogens is 2. The highest BCUT2D eigenvalue weighted by Crippen LogP contribution is 2.30. The largest absolute Gasteiger partial charge is 0.358 e. The molecule has 0 aromatic carbocycles. The molecule has 0 radical (unpaired) electrons. The fourth-order valence-corrected chi connectivity index (χ4v) is 4.00. The van der Waals surface area contributed by atoms with Gasteiger partial charge in [-0.2, -0.15) is 0 Å². The van der Waals surface area contributed by atoms with E-state index in [4.69, 9.17) is 11.6 Å². The molecule has 1 fully saturated rings. The summed E-state index contributed by atoms with van der Waals surface area (Å²) in [4.78, 5) is 48.3. The lowest BCUT2D eigenvalue weighted by atomic mass is 10.1. The number of H-pyrrole nitrogens is 1. The van der Waals surface area contributed by atoms with E-state index >= 15 is 0 Å². The van der Waals surface area contributed by atoms with E-state index in [9.17, 15) is 14.4 Å². The van der Waals surface area contributed by atoms with Crippen LogP contribution in [0, 0.1) is 6.08 Å². The number of hydrogen-bond donors (Lipinski definition) is 1. The van der Waals surface area contributed by atoms with Gasteiger partial charge in [0.1, 0.15) is 22.3 Å². The lowest BCUT2D eigenvalue weighted by molar-refractivity contribution is -0.134. The van der Waals surface area contributed by atoms with Crippen LogP contribution in [0.3, 0.4) is 0 Å². The number of aromatic amines is 1. The molecule has 3 heterocycles. The summed E-state index contributed by atoms with van der Waals surface area (Å²) in [6.45, 7) is 1.30. The summed E-state index contributed by atoms with van der Waals surface area (Å²) in [7, 11) is 0. The summed E-state index contributed by atoms with van der Waals surface area (Å²) >= 11 is 9.49. The van der Waals surface area contributed by atoms with Crippen molar-refractivity contribution in [2.75, 3.05) is 26.2 Å². The Labute approximate surface area is 179 Å². The number of carbonyl (C=O) groups is 3.